The van der Waals surface area contributed by atoms with Gasteiger partial charge in [-0.3, -0.25) is 14.6 Å². The van der Waals surface area contributed by atoms with E-state index in [1.807, 2.05) is 43.3 Å². The number of hydrogen-bond donors (Lipinski definition) is 0. The number of amides is 1. The first-order valence-corrected chi connectivity index (χ1v) is 12.4. The number of nitrogens with zero attached hydrogens (tertiary/aromatic N) is 4. The van der Waals surface area contributed by atoms with Gasteiger partial charge in [0.2, 0.25) is 0 Å². The van der Waals surface area contributed by atoms with E-state index in [0.29, 0.717) is 23.8 Å². The van der Waals surface area contributed by atoms with Crippen LogP contribution in [-0.2, 0) is 4.74 Å². The highest BCUT2D eigenvalue weighted by molar-refractivity contribution is 7.22. The number of morpholine rings is 1. The smallest absolute Gasteiger partial charge is 0.260 e. The molecule has 9 heteroatoms. The molecule has 7 nitrogen and oxygen atoms in total. The van der Waals surface area contributed by atoms with E-state index in [0.717, 1.165) is 59.0 Å². The number of carbonyl (C=O) groups is 1. The maximum atomic E-state index is 13.7. The molecule has 1 aliphatic rings. The van der Waals surface area contributed by atoms with Gasteiger partial charge in [0.15, 0.2) is 5.13 Å². The minimum absolute atomic E-state index is 0.0504. The summed E-state index contributed by atoms with van der Waals surface area (Å²) in [5.74, 6) is 0.699. The number of anilines is 1. The lowest BCUT2D eigenvalue weighted by Crippen LogP contribution is -2.43. The zero-order valence-corrected chi connectivity index (χ0v) is 19.5. The molecule has 4 aromatic rings. The summed E-state index contributed by atoms with van der Waals surface area (Å²) in [6.07, 6.45) is 0. The van der Waals surface area contributed by atoms with Gasteiger partial charge >= 0.3 is 0 Å². The summed E-state index contributed by atoms with van der Waals surface area (Å²) in [7, 11) is 0. The number of thiazole rings is 2. The Morgan fingerprint density at radius 1 is 1.22 bits per heavy atom. The largest absolute Gasteiger partial charge is 0.492 e. The van der Waals surface area contributed by atoms with Gasteiger partial charge in [-0.15, -0.1) is 11.3 Å². The Kier molecular flexibility index (Phi) is 6.31. The van der Waals surface area contributed by atoms with Gasteiger partial charge in [-0.1, -0.05) is 17.4 Å². The van der Waals surface area contributed by atoms with Gasteiger partial charge in [0.25, 0.3) is 5.91 Å². The fraction of sp³-hybridized carbons (Fsp3) is 0.348. The van der Waals surface area contributed by atoms with Crippen LogP contribution in [-0.4, -0.2) is 66.8 Å². The van der Waals surface area contributed by atoms with Crippen molar-refractivity contribution in [2.24, 2.45) is 0 Å². The number of carbonyl (C=O) groups excluding carboxylic acids is 1. The molecule has 0 radical (unpaired) electrons. The molecule has 2 aromatic heterocycles. The molecule has 5 rings (SSSR count). The Morgan fingerprint density at radius 2 is 2.09 bits per heavy atom. The molecular formula is C23H24N4O3S2. The average Bonchev–Trinajstić information content (AvgIpc) is 3.47. The van der Waals surface area contributed by atoms with Crippen LogP contribution in [0.15, 0.2) is 41.9 Å². The lowest BCUT2D eigenvalue weighted by molar-refractivity contribution is 0.0391. The Hall–Kier alpha value is -2.59. The lowest BCUT2D eigenvalue weighted by Gasteiger charge is -2.29. The normalized spacial score (nSPS) is 14.8. The number of rotatable bonds is 7. The molecule has 1 aliphatic heterocycles. The van der Waals surface area contributed by atoms with E-state index in [9.17, 15) is 4.79 Å². The van der Waals surface area contributed by atoms with Crippen LogP contribution in [0.5, 0.6) is 5.75 Å². The summed E-state index contributed by atoms with van der Waals surface area (Å²) < 4.78 is 13.2. The molecule has 3 heterocycles. The number of benzene rings is 2. The SMILES string of the molecule is CCOc1cccc2sc(N(CCN3CCOCC3)C(=O)c3ccc4ncsc4c3)nc12. The van der Waals surface area contributed by atoms with Crippen molar-refractivity contribution >= 4 is 54.1 Å². The Morgan fingerprint density at radius 3 is 2.94 bits per heavy atom. The molecule has 0 atom stereocenters. The highest BCUT2D eigenvalue weighted by Crippen LogP contribution is 2.35. The predicted octanol–water partition coefficient (Wildman–Crippen LogP) is 4.28. The van der Waals surface area contributed by atoms with Gasteiger partial charge in [0.05, 0.1) is 40.2 Å². The Labute approximate surface area is 194 Å². The second-order valence-corrected chi connectivity index (χ2v) is 9.37. The average molecular weight is 469 g/mol. The highest BCUT2D eigenvalue weighted by atomic mass is 32.1. The first-order valence-electron chi connectivity index (χ1n) is 10.7. The quantitative estimate of drug-likeness (QED) is 0.403. The molecule has 0 saturated carbocycles. The van der Waals surface area contributed by atoms with Crippen molar-refractivity contribution in [2.45, 2.75) is 6.92 Å². The van der Waals surface area contributed by atoms with E-state index in [1.165, 1.54) is 11.3 Å². The first-order chi connectivity index (χ1) is 15.7. The van der Waals surface area contributed by atoms with Gasteiger partial charge in [-0.2, -0.15) is 0 Å². The van der Waals surface area contributed by atoms with Crippen molar-refractivity contribution in [3.63, 3.8) is 0 Å². The maximum Gasteiger partial charge on any atom is 0.260 e. The van der Waals surface area contributed by atoms with Crippen LogP contribution in [0.1, 0.15) is 17.3 Å². The minimum atomic E-state index is -0.0504. The number of fused-ring (bicyclic) bond motifs is 2. The van der Waals surface area contributed by atoms with Gasteiger partial charge in [0, 0.05) is 31.7 Å². The van der Waals surface area contributed by atoms with Crippen LogP contribution in [0.4, 0.5) is 5.13 Å². The van der Waals surface area contributed by atoms with Crippen LogP contribution in [0.3, 0.4) is 0 Å². The number of hydrogen-bond acceptors (Lipinski definition) is 8. The summed E-state index contributed by atoms with van der Waals surface area (Å²) in [6.45, 7) is 7.08. The van der Waals surface area contributed by atoms with Gasteiger partial charge in [-0.25, -0.2) is 9.97 Å². The fourth-order valence-corrected chi connectivity index (χ4v) is 5.52. The molecule has 0 spiro atoms. The van der Waals surface area contributed by atoms with E-state index in [1.54, 1.807) is 21.7 Å². The standard InChI is InChI=1S/C23H24N4O3S2/c1-2-30-18-4-3-5-19-21(18)25-23(32-19)27(9-8-26-10-12-29-13-11-26)22(28)16-6-7-17-20(14-16)31-15-24-17/h3-7,14-15H,2,8-13H2,1H3. The maximum absolute atomic E-state index is 13.7. The topological polar surface area (TPSA) is 67.8 Å². The minimum Gasteiger partial charge on any atom is -0.492 e. The molecule has 2 aromatic carbocycles. The van der Waals surface area contributed by atoms with E-state index >= 15 is 0 Å². The van der Waals surface area contributed by atoms with Crippen LogP contribution in [0, 0.1) is 0 Å². The summed E-state index contributed by atoms with van der Waals surface area (Å²) in [5, 5.41) is 0.690. The molecule has 0 bridgehead atoms. The van der Waals surface area contributed by atoms with E-state index in [2.05, 4.69) is 9.88 Å². The van der Waals surface area contributed by atoms with Gasteiger partial charge < -0.3 is 9.47 Å². The van der Waals surface area contributed by atoms with Crippen molar-refractivity contribution in [2.75, 3.05) is 50.9 Å². The number of para-hydroxylation sites is 1. The highest BCUT2D eigenvalue weighted by Gasteiger charge is 2.24. The van der Waals surface area contributed by atoms with Crippen LogP contribution >= 0.6 is 22.7 Å². The number of ether oxygens (including phenoxy) is 2. The van der Waals surface area contributed by atoms with Crippen LogP contribution in [0.2, 0.25) is 0 Å². The predicted molar refractivity (Wildman–Crippen MR) is 129 cm³/mol. The third-order valence-electron chi connectivity index (χ3n) is 5.47. The molecular weight excluding hydrogens is 444 g/mol. The molecule has 1 fully saturated rings. The van der Waals surface area contributed by atoms with Gasteiger partial charge in [0.1, 0.15) is 11.3 Å². The van der Waals surface area contributed by atoms with Crippen molar-refractivity contribution in [3.8, 4) is 5.75 Å². The second-order valence-electron chi connectivity index (χ2n) is 7.48. The lowest BCUT2D eigenvalue weighted by atomic mass is 10.2. The van der Waals surface area contributed by atoms with Crippen molar-refractivity contribution in [3.05, 3.63) is 47.5 Å². The second kappa shape index (κ2) is 9.50. The van der Waals surface area contributed by atoms with Crippen molar-refractivity contribution < 1.29 is 14.3 Å². The molecule has 1 amide bonds. The summed E-state index contributed by atoms with van der Waals surface area (Å²) in [4.78, 5) is 27.0. The molecule has 166 valence electrons. The first kappa shape index (κ1) is 21.3. The third-order valence-corrected chi connectivity index (χ3v) is 7.30. The van der Waals surface area contributed by atoms with E-state index in [4.69, 9.17) is 14.5 Å². The zero-order valence-electron chi connectivity index (χ0n) is 17.8. The van der Waals surface area contributed by atoms with E-state index < -0.39 is 0 Å². The van der Waals surface area contributed by atoms with Crippen LogP contribution in [0.25, 0.3) is 20.4 Å². The summed E-state index contributed by atoms with van der Waals surface area (Å²) in [5.41, 5.74) is 4.16. The number of aromatic nitrogens is 2. The van der Waals surface area contributed by atoms with Crippen LogP contribution < -0.4 is 9.64 Å². The third kappa shape index (κ3) is 4.33. The Bertz CT molecular complexity index is 1230. The zero-order chi connectivity index (χ0) is 21.9. The molecule has 0 unspecified atom stereocenters. The van der Waals surface area contributed by atoms with Crippen molar-refractivity contribution in [1.82, 2.24) is 14.9 Å². The summed E-state index contributed by atoms with van der Waals surface area (Å²) in [6, 6.07) is 11.6. The fourth-order valence-electron chi connectivity index (χ4n) is 3.79. The Balaban J connectivity index is 1.49. The van der Waals surface area contributed by atoms with E-state index in [-0.39, 0.29) is 5.91 Å². The molecule has 0 aliphatic carbocycles. The molecule has 0 N–H and O–H groups in total. The monoisotopic (exact) mass is 468 g/mol. The van der Waals surface area contributed by atoms with Crippen molar-refractivity contribution in [1.29, 1.82) is 0 Å². The summed E-state index contributed by atoms with van der Waals surface area (Å²) >= 11 is 3.06. The molecule has 32 heavy (non-hydrogen) atoms. The van der Waals surface area contributed by atoms with Gasteiger partial charge in [-0.05, 0) is 37.3 Å². The molecule has 1 saturated heterocycles.